The van der Waals surface area contributed by atoms with Crippen LogP contribution in [-0.2, 0) is 22.4 Å². The Morgan fingerprint density at radius 1 is 1.20 bits per heavy atom. The highest BCUT2D eigenvalue weighted by molar-refractivity contribution is 6.33. The molecule has 0 bridgehead atoms. The Morgan fingerprint density at radius 3 is 2.45 bits per heavy atom. The van der Waals surface area contributed by atoms with Crippen molar-refractivity contribution in [2.45, 2.75) is 79.9 Å². The van der Waals surface area contributed by atoms with Crippen LogP contribution in [0.2, 0.25) is 5.02 Å². The van der Waals surface area contributed by atoms with Gasteiger partial charge in [0.05, 0.1) is 17.1 Å². The number of nitrogens with zero attached hydrogens (tertiary/aromatic N) is 4. The number of halogens is 2. The molecule has 0 spiro atoms. The minimum atomic E-state index is -0.829. The van der Waals surface area contributed by atoms with Crippen molar-refractivity contribution in [2.24, 2.45) is 5.41 Å². The van der Waals surface area contributed by atoms with E-state index in [4.69, 9.17) is 20.9 Å². The molecule has 10 nitrogen and oxygen atoms in total. The maximum atomic E-state index is 15.4. The normalized spacial score (nSPS) is 11.8. The molecule has 0 saturated carbocycles. The maximum Gasteiger partial charge on any atom is 0.413 e. The summed E-state index contributed by atoms with van der Waals surface area (Å²) in [5.41, 5.74) is 0.152. The third kappa shape index (κ3) is 7.60. The number of nitriles is 1. The summed E-state index contributed by atoms with van der Waals surface area (Å²) in [6, 6.07) is 6.28. The topological polar surface area (TPSA) is 135 Å². The lowest BCUT2D eigenvalue weighted by molar-refractivity contribution is -0.115. The summed E-state index contributed by atoms with van der Waals surface area (Å²) in [4.78, 5) is 25.1. The number of hydrogen-bond acceptors (Lipinski definition) is 7. The molecule has 3 rings (SSSR count). The van der Waals surface area contributed by atoms with Crippen molar-refractivity contribution in [3.63, 3.8) is 0 Å². The molecular formula is C28H34ClFN6O4. The van der Waals surface area contributed by atoms with E-state index in [-0.39, 0.29) is 57.0 Å². The molecule has 0 unspecified atom stereocenters. The summed E-state index contributed by atoms with van der Waals surface area (Å²) in [6.45, 7) is 14.9. The zero-order chi connectivity index (χ0) is 30.0. The Morgan fingerprint density at radius 2 is 1.88 bits per heavy atom. The lowest BCUT2D eigenvalue weighted by atomic mass is 9.91. The molecule has 0 saturated heterocycles. The van der Waals surface area contributed by atoms with Crippen LogP contribution in [0.5, 0.6) is 0 Å². The van der Waals surface area contributed by atoms with Crippen molar-refractivity contribution in [2.75, 3.05) is 10.6 Å². The monoisotopic (exact) mass is 572 g/mol. The highest BCUT2D eigenvalue weighted by Gasteiger charge is 2.27. The minimum Gasteiger partial charge on any atom is -0.444 e. The van der Waals surface area contributed by atoms with Gasteiger partial charge in [-0.2, -0.15) is 10.4 Å². The second-order valence-corrected chi connectivity index (χ2v) is 12.3. The van der Waals surface area contributed by atoms with E-state index in [9.17, 15) is 14.9 Å². The minimum absolute atomic E-state index is 0.0112. The van der Waals surface area contributed by atoms with Crippen molar-refractivity contribution in [3.05, 3.63) is 45.9 Å². The summed E-state index contributed by atoms with van der Waals surface area (Å²) in [5, 5.41) is 23.2. The van der Waals surface area contributed by atoms with Crippen LogP contribution in [-0.4, -0.2) is 32.5 Å². The average molecular weight is 573 g/mol. The van der Waals surface area contributed by atoms with Crippen molar-refractivity contribution in [1.29, 1.82) is 5.26 Å². The van der Waals surface area contributed by atoms with E-state index in [1.165, 1.54) is 16.8 Å². The second kappa shape index (κ2) is 11.7. The van der Waals surface area contributed by atoms with E-state index in [1.807, 2.05) is 19.9 Å². The first-order valence-electron chi connectivity index (χ1n) is 12.7. The fourth-order valence-electron chi connectivity index (χ4n) is 3.88. The van der Waals surface area contributed by atoms with Crippen molar-refractivity contribution < 1.29 is 23.2 Å². The molecule has 12 heteroatoms. The largest absolute Gasteiger partial charge is 0.444 e. The fourth-order valence-corrected chi connectivity index (χ4v) is 4.16. The van der Waals surface area contributed by atoms with Gasteiger partial charge < -0.3 is 9.26 Å². The Kier molecular flexibility index (Phi) is 8.94. The molecule has 3 aromatic rings. The molecule has 0 aliphatic heterocycles. The smallest absolute Gasteiger partial charge is 0.413 e. The molecule has 1 aromatic carbocycles. The number of ether oxygens (including phenoxy) is 1. The third-order valence-corrected chi connectivity index (χ3v) is 5.80. The Hall–Kier alpha value is -3.91. The SMILES string of the molecule is CC(C)n1nc(-c2ccc(CC(=O)Nc3cc(CC(C)(C)C)no3)c(F)c2Cl)c(C#N)c1NC(=O)OC(C)(C)C. The summed E-state index contributed by atoms with van der Waals surface area (Å²) in [7, 11) is 0. The first-order valence-corrected chi connectivity index (χ1v) is 13.1. The molecule has 214 valence electrons. The number of rotatable bonds is 7. The maximum absolute atomic E-state index is 15.4. The molecule has 2 heterocycles. The number of carbonyl (C=O) groups excluding carboxylic acids is 2. The second-order valence-electron chi connectivity index (χ2n) is 11.9. The van der Waals surface area contributed by atoms with Gasteiger partial charge in [-0.05, 0) is 52.0 Å². The van der Waals surface area contributed by atoms with Crippen LogP contribution in [0.1, 0.15) is 78.3 Å². The summed E-state index contributed by atoms with van der Waals surface area (Å²) in [5.74, 6) is -1.09. The van der Waals surface area contributed by atoms with Gasteiger partial charge in [0.2, 0.25) is 11.8 Å². The zero-order valence-corrected chi connectivity index (χ0v) is 24.7. The van der Waals surface area contributed by atoms with E-state index in [1.54, 1.807) is 26.8 Å². The van der Waals surface area contributed by atoms with Gasteiger partial charge in [-0.3, -0.25) is 15.4 Å². The number of benzene rings is 1. The number of anilines is 2. The predicted octanol–water partition coefficient (Wildman–Crippen LogP) is 6.90. The lowest BCUT2D eigenvalue weighted by Crippen LogP contribution is -2.28. The molecule has 0 fully saturated rings. The van der Waals surface area contributed by atoms with Crippen LogP contribution in [0.15, 0.2) is 22.7 Å². The summed E-state index contributed by atoms with van der Waals surface area (Å²) in [6.07, 6.45) is -0.434. The van der Waals surface area contributed by atoms with Crippen LogP contribution in [0.3, 0.4) is 0 Å². The molecule has 0 aliphatic carbocycles. The quantitative estimate of drug-likeness (QED) is 0.314. The van der Waals surface area contributed by atoms with Gasteiger partial charge in [0.15, 0.2) is 5.82 Å². The molecule has 40 heavy (non-hydrogen) atoms. The van der Waals surface area contributed by atoms with Crippen LogP contribution in [0.25, 0.3) is 11.3 Å². The zero-order valence-electron chi connectivity index (χ0n) is 23.9. The van der Waals surface area contributed by atoms with Gasteiger partial charge in [-0.25, -0.2) is 13.9 Å². The number of aromatic nitrogens is 3. The summed E-state index contributed by atoms with van der Waals surface area (Å²) >= 11 is 6.40. The van der Waals surface area contributed by atoms with Crippen LogP contribution in [0, 0.1) is 22.6 Å². The number of amides is 2. The lowest BCUT2D eigenvalue weighted by Gasteiger charge is -2.20. The fraction of sp³-hybridized carbons (Fsp3) is 0.464. The van der Waals surface area contributed by atoms with Crippen LogP contribution < -0.4 is 10.6 Å². The van der Waals surface area contributed by atoms with Gasteiger partial charge in [-0.1, -0.05) is 49.7 Å². The van der Waals surface area contributed by atoms with Gasteiger partial charge in [0, 0.05) is 17.7 Å². The third-order valence-electron chi connectivity index (χ3n) is 5.43. The van der Waals surface area contributed by atoms with Crippen molar-refractivity contribution >= 4 is 35.3 Å². The van der Waals surface area contributed by atoms with Crippen molar-refractivity contribution in [3.8, 4) is 17.3 Å². The highest BCUT2D eigenvalue weighted by Crippen LogP contribution is 2.37. The van der Waals surface area contributed by atoms with E-state index < -0.39 is 23.4 Å². The summed E-state index contributed by atoms with van der Waals surface area (Å²) < 4.78 is 27.3. The Labute approximate surface area is 237 Å². The first-order chi connectivity index (χ1) is 18.5. The Bertz CT molecular complexity index is 1460. The van der Waals surface area contributed by atoms with Crippen LogP contribution >= 0.6 is 11.6 Å². The number of nitrogens with one attached hydrogen (secondary N) is 2. The van der Waals surface area contributed by atoms with Crippen molar-refractivity contribution in [1.82, 2.24) is 14.9 Å². The standard InChI is InChI=1S/C28H34ClFN6O4/c1-15(2)36-25(33-26(38)39-28(6,7)8)19(14-31)24(34-36)18-10-9-16(23(30)22(18)29)11-20(37)32-21-12-17(35-40-21)13-27(3,4)5/h9-10,12,15H,11,13H2,1-8H3,(H,32,37)(H,33,38). The van der Waals surface area contributed by atoms with E-state index >= 15 is 4.39 Å². The van der Waals surface area contributed by atoms with E-state index in [0.717, 1.165) is 0 Å². The average Bonchev–Trinajstić information content (AvgIpc) is 3.38. The molecule has 0 radical (unpaired) electrons. The number of hydrogen-bond donors (Lipinski definition) is 2. The highest BCUT2D eigenvalue weighted by atomic mass is 35.5. The van der Waals surface area contributed by atoms with E-state index in [2.05, 4.69) is 41.7 Å². The van der Waals surface area contributed by atoms with Gasteiger partial charge >= 0.3 is 6.09 Å². The molecule has 2 aromatic heterocycles. The van der Waals surface area contributed by atoms with Gasteiger partial charge in [0.1, 0.15) is 28.7 Å². The molecular weight excluding hydrogens is 539 g/mol. The molecule has 0 aliphatic rings. The first kappa shape index (κ1) is 30.6. The molecule has 2 amide bonds. The van der Waals surface area contributed by atoms with Gasteiger partial charge in [-0.15, -0.1) is 0 Å². The molecule has 0 atom stereocenters. The number of carbonyl (C=O) groups is 2. The van der Waals surface area contributed by atoms with Gasteiger partial charge in [0.25, 0.3) is 0 Å². The predicted molar refractivity (Wildman–Crippen MR) is 150 cm³/mol. The Balaban J connectivity index is 1.87. The molecule has 2 N–H and O–H groups in total. The van der Waals surface area contributed by atoms with E-state index in [0.29, 0.717) is 12.1 Å². The van der Waals surface area contributed by atoms with Crippen LogP contribution in [0.4, 0.5) is 20.9 Å².